The maximum atomic E-state index is 10.8. The van der Waals surface area contributed by atoms with Crippen LogP contribution in [0, 0.1) is 0 Å². The number of nitrogens with two attached hydrogens (primary N) is 1. The van der Waals surface area contributed by atoms with Gasteiger partial charge < -0.3 is 25.5 Å². The first-order chi connectivity index (χ1) is 8.90. The van der Waals surface area contributed by atoms with E-state index in [-0.39, 0.29) is 11.3 Å². The van der Waals surface area contributed by atoms with Gasteiger partial charge in [-0.1, -0.05) is 6.07 Å². The Bertz CT molecular complexity index is 647. The van der Waals surface area contributed by atoms with Gasteiger partial charge in [-0.2, -0.15) is 0 Å². The monoisotopic (exact) mass is 265 g/mol. The van der Waals surface area contributed by atoms with E-state index in [1.54, 1.807) is 0 Å². The molecule has 100 valence electrons. The van der Waals surface area contributed by atoms with E-state index in [0.717, 1.165) is 0 Å². The van der Waals surface area contributed by atoms with Crippen LogP contribution in [0.25, 0.3) is 11.0 Å². The van der Waals surface area contributed by atoms with Crippen molar-refractivity contribution in [2.45, 2.75) is 12.2 Å². The Hall–Kier alpha value is -2.38. The molecule has 7 heteroatoms. The summed E-state index contributed by atoms with van der Waals surface area (Å²) < 4.78 is 5.04. The van der Waals surface area contributed by atoms with Crippen LogP contribution in [0.15, 0.2) is 28.7 Å². The molecular formula is C12H11NO6. The smallest absolute Gasteiger partial charge is 0.371 e. The van der Waals surface area contributed by atoms with E-state index in [1.165, 1.54) is 24.3 Å². The number of carbonyl (C=O) groups is 2. The molecule has 2 atom stereocenters. The summed E-state index contributed by atoms with van der Waals surface area (Å²) in [7, 11) is 0. The highest BCUT2D eigenvalue weighted by Gasteiger charge is 2.24. The molecule has 7 nitrogen and oxygen atoms in total. The predicted molar refractivity (Wildman–Crippen MR) is 63.3 cm³/mol. The Morgan fingerprint density at radius 3 is 2.47 bits per heavy atom. The number of aliphatic hydroxyl groups is 2. The second-order valence-corrected chi connectivity index (χ2v) is 4.01. The second-order valence-electron chi connectivity index (χ2n) is 4.01. The lowest BCUT2D eigenvalue weighted by atomic mass is 10.0. The number of benzene rings is 1. The Balaban J connectivity index is 2.41. The highest BCUT2D eigenvalue weighted by atomic mass is 16.4. The van der Waals surface area contributed by atoms with Gasteiger partial charge in [0, 0.05) is 5.39 Å². The molecule has 0 fully saturated rings. The van der Waals surface area contributed by atoms with E-state index in [0.29, 0.717) is 11.0 Å². The molecule has 0 saturated carbocycles. The quantitative estimate of drug-likeness (QED) is 0.615. The van der Waals surface area contributed by atoms with Crippen molar-refractivity contribution < 1.29 is 29.3 Å². The fourth-order valence-electron chi connectivity index (χ4n) is 1.69. The number of hydrogen-bond acceptors (Lipinski definition) is 5. The topological polar surface area (TPSA) is 134 Å². The van der Waals surface area contributed by atoms with Gasteiger partial charge in [0.1, 0.15) is 11.7 Å². The summed E-state index contributed by atoms with van der Waals surface area (Å²) in [5, 5.41) is 28.3. The minimum absolute atomic E-state index is 0.233. The summed E-state index contributed by atoms with van der Waals surface area (Å²) in [6.45, 7) is 0. The first kappa shape index (κ1) is 13.1. The Morgan fingerprint density at radius 1 is 1.21 bits per heavy atom. The van der Waals surface area contributed by atoms with Crippen molar-refractivity contribution >= 4 is 22.8 Å². The highest BCUT2D eigenvalue weighted by molar-refractivity contribution is 5.91. The number of hydrogen-bond donors (Lipinski definition) is 4. The Kier molecular flexibility index (Phi) is 3.24. The summed E-state index contributed by atoms with van der Waals surface area (Å²) in [4.78, 5) is 21.5. The third-order valence-electron chi connectivity index (χ3n) is 2.68. The van der Waals surface area contributed by atoms with E-state index < -0.39 is 24.1 Å². The van der Waals surface area contributed by atoms with E-state index >= 15 is 0 Å². The molecule has 0 saturated heterocycles. The minimum Gasteiger partial charge on any atom is -0.475 e. The number of carboxylic acids is 1. The molecule has 2 unspecified atom stereocenters. The van der Waals surface area contributed by atoms with Crippen LogP contribution in [0.3, 0.4) is 0 Å². The van der Waals surface area contributed by atoms with Crippen LogP contribution in [0.4, 0.5) is 0 Å². The molecule has 2 rings (SSSR count). The van der Waals surface area contributed by atoms with Crippen molar-refractivity contribution in [2.75, 3.05) is 0 Å². The summed E-state index contributed by atoms with van der Waals surface area (Å²) in [6.07, 6.45) is -3.21. The zero-order valence-corrected chi connectivity index (χ0v) is 9.61. The van der Waals surface area contributed by atoms with Crippen molar-refractivity contribution in [3.05, 3.63) is 35.6 Å². The molecule has 0 spiro atoms. The number of fused-ring (bicyclic) bond motifs is 1. The molecule has 0 aliphatic heterocycles. The number of carbonyl (C=O) groups excluding carboxylic acids is 1. The van der Waals surface area contributed by atoms with Crippen LogP contribution >= 0.6 is 0 Å². The Morgan fingerprint density at radius 2 is 1.89 bits per heavy atom. The minimum atomic E-state index is -1.73. The molecule has 0 aliphatic carbocycles. The van der Waals surface area contributed by atoms with E-state index in [4.69, 9.17) is 15.3 Å². The van der Waals surface area contributed by atoms with Crippen LogP contribution in [-0.2, 0) is 4.79 Å². The zero-order valence-electron chi connectivity index (χ0n) is 9.61. The van der Waals surface area contributed by atoms with Crippen molar-refractivity contribution in [3.63, 3.8) is 0 Å². The second kappa shape index (κ2) is 4.71. The van der Waals surface area contributed by atoms with Crippen LogP contribution < -0.4 is 5.73 Å². The maximum Gasteiger partial charge on any atom is 0.371 e. The van der Waals surface area contributed by atoms with Gasteiger partial charge in [0.05, 0.1) is 0 Å². The predicted octanol–water partition coefficient (Wildman–Crippen LogP) is 0.0106. The molecule has 0 radical (unpaired) electrons. The molecular weight excluding hydrogens is 254 g/mol. The average molecular weight is 265 g/mol. The van der Waals surface area contributed by atoms with Gasteiger partial charge >= 0.3 is 5.97 Å². The molecule has 0 aliphatic rings. The van der Waals surface area contributed by atoms with Crippen molar-refractivity contribution in [1.29, 1.82) is 0 Å². The van der Waals surface area contributed by atoms with Gasteiger partial charge in [-0.15, -0.1) is 0 Å². The van der Waals surface area contributed by atoms with Gasteiger partial charge in [0.25, 0.3) is 0 Å². The van der Waals surface area contributed by atoms with Crippen LogP contribution in [0.2, 0.25) is 0 Å². The fourth-order valence-corrected chi connectivity index (χ4v) is 1.69. The molecule has 1 amide bonds. The SMILES string of the molecule is NC(=O)C(O)C(O)c1ccc2oc(C(=O)O)cc2c1. The zero-order chi connectivity index (χ0) is 14.2. The standard InChI is InChI=1S/C12H11NO6/c13-11(16)10(15)9(14)5-1-2-7-6(3-5)4-8(19-7)12(17)18/h1-4,9-10,14-15H,(H2,13,16)(H,17,18). The number of aliphatic hydroxyl groups excluding tert-OH is 2. The third kappa shape index (κ3) is 2.42. The number of furan rings is 1. The van der Waals surface area contributed by atoms with E-state index in [1.807, 2.05) is 0 Å². The van der Waals surface area contributed by atoms with Gasteiger partial charge in [-0.25, -0.2) is 4.79 Å². The first-order valence-electron chi connectivity index (χ1n) is 5.32. The average Bonchev–Trinajstić information content (AvgIpc) is 2.79. The largest absolute Gasteiger partial charge is 0.475 e. The highest BCUT2D eigenvalue weighted by Crippen LogP contribution is 2.25. The van der Waals surface area contributed by atoms with E-state index in [2.05, 4.69) is 0 Å². The molecule has 5 N–H and O–H groups in total. The lowest BCUT2D eigenvalue weighted by Crippen LogP contribution is -2.33. The lowest BCUT2D eigenvalue weighted by molar-refractivity contribution is -0.131. The fraction of sp³-hybridized carbons (Fsp3) is 0.167. The van der Waals surface area contributed by atoms with E-state index in [9.17, 15) is 19.8 Å². The number of primary amides is 1. The maximum absolute atomic E-state index is 10.8. The molecule has 0 bridgehead atoms. The summed E-state index contributed by atoms with van der Waals surface area (Å²) >= 11 is 0. The number of rotatable bonds is 4. The first-order valence-corrected chi connectivity index (χ1v) is 5.32. The third-order valence-corrected chi connectivity index (χ3v) is 2.68. The normalized spacial score (nSPS) is 14.2. The van der Waals surface area contributed by atoms with Crippen molar-refractivity contribution in [2.24, 2.45) is 5.73 Å². The van der Waals surface area contributed by atoms with Crippen molar-refractivity contribution in [3.8, 4) is 0 Å². The lowest BCUT2D eigenvalue weighted by Gasteiger charge is -2.14. The molecule has 2 aromatic rings. The number of aromatic carboxylic acids is 1. The Labute approximate surface area is 106 Å². The van der Waals surface area contributed by atoms with Crippen LogP contribution in [-0.4, -0.2) is 33.3 Å². The number of amides is 1. The molecule has 1 heterocycles. The molecule has 1 aromatic carbocycles. The van der Waals surface area contributed by atoms with Gasteiger partial charge in [0.15, 0.2) is 6.10 Å². The summed E-state index contributed by atoms with van der Waals surface area (Å²) in [5.41, 5.74) is 5.44. The van der Waals surface area contributed by atoms with Gasteiger partial charge in [0.2, 0.25) is 11.7 Å². The van der Waals surface area contributed by atoms with Crippen LogP contribution in [0.1, 0.15) is 22.2 Å². The van der Waals surface area contributed by atoms with Crippen molar-refractivity contribution in [1.82, 2.24) is 0 Å². The summed E-state index contributed by atoms with van der Waals surface area (Å²) in [5.74, 6) is -2.50. The van der Waals surface area contributed by atoms with Gasteiger partial charge in [-0.05, 0) is 23.8 Å². The van der Waals surface area contributed by atoms with Gasteiger partial charge in [-0.3, -0.25) is 4.79 Å². The summed E-state index contributed by atoms with van der Waals surface area (Å²) in [6, 6.07) is 5.55. The van der Waals surface area contributed by atoms with Crippen LogP contribution in [0.5, 0.6) is 0 Å². The number of carboxylic acid groups (broad SMARTS) is 1. The molecule has 19 heavy (non-hydrogen) atoms. The molecule has 1 aromatic heterocycles.